The van der Waals surface area contributed by atoms with Crippen LogP contribution in [0.25, 0.3) is 10.9 Å². The van der Waals surface area contributed by atoms with Gasteiger partial charge in [-0.25, -0.2) is 0 Å². The van der Waals surface area contributed by atoms with Crippen LogP contribution in [0, 0.1) is 6.92 Å². The van der Waals surface area contributed by atoms with E-state index >= 15 is 0 Å². The molecule has 0 unspecified atom stereocenters. The summed E-state index contributed by atoms with van der Waals surface area (Å²) < 4.78 is 7.41. The quantitative estimate of drug-likeness (QED) is 0.569. The summed E-state index contributed by atoms with van der Waals surface area (Å²) in [6.07, 6.45) is 3.16. The van der Waals surface area contributed by atoms with Gasteiger partial charge in [0.25, 0.3) is 5.91 Å². The van der Waals surface area contributed by atoms with Gasteiger partial charge >= 0.3 is 5.97 Å². The lowest BCUT2D eigenvalue weighted by Gasteiger charge is -2.10. The molecule has 0 bridgehead atoms. The van der Waals surface area contributed by atoms with E-state index in [-0.39, 0.29) is 12.3 Å². The molecule has 28 heavy (non-hydrogen) atoms. The monoisotopic (exact) mass is 379 g/mol. The largest absolute Gasteiger partial charge is 0.494 e. The van der Waals surface area contributed by atoms with Gasteiger partial charge < -0.3 is 9.84 Å². The minimum Gasteiger partial charge on any atom is -0.494 e. The highest BCUT2D eigenvalue weighted by Gasteiger charge is 2.17. The molecule has 0 aliphatic carbocycles. The summed E-state index contributed by atoms with van der Waals surface area (Å²) in [5.74, 6) is -0.362. The number of rotatable bonds is 8. The Kier molecular flexibility index (Phi) is 6.14. The molecule has 5 heteroatoms. The van der Waals surface area contributed by atoms with Crippen LogP contribution in [0.1, 0.15) is 47.8 Å². The van der Waals surface area contributed by atoms with E-state index in [0.717, 1.165) is 35.9 Å². The molecule has 1 heterocycles. The highest BCUT2D eigenvalue weighted by atomic mass is 16.5. The van der Waals surface area contributed by atoms with Gasteiger partial charge in [0.05, 0.1) is 18.5 Å². The average Bonchev–Trinajstić information content (AvgIpc) is 3.01. The van der Waals surface area contributed by atoms with Crippen molar-refractivity contribution in [2.45, 2.75) is 39.5 Å². The number of carboxylic acids is 1. The predicted molar refractivity (Wildman–Crippen MR) is 109 cm³/mol. The van der Waals surface area contributed by atoms with Crippen molar-refractivity contribution in [3.05, 3.63) is 65.4 Å². The molecule has 3 rings (SSSR count). The number of carbonyl (C=O) groups is 2. The van der Waals surface area contributed by atoms with Gasteiger partial charge in [0, 0.05) is 16.6 Å². The van der Waals surface area contributed by atoms with E-state index in [1.165, 1.54) is 0 Å². The second-order valence-corrected chi connectivity index (χ2v) is 6.93. The van der Waals surface area contributed by atoms with E-state index in [9.17, 15) is 9.59 Å². The molecule has 0 saturated heterocycles. The van der Waals surface area contributed by atoms with Crippen LogP contribution in [-0.4, -0.2) is 28.2 Å². The number of fused-ring (bicyclic) bond motifs is 1. The van der Waals surface area contributed by atoms with Crippen molar-refractivity contribution in [3.63, 3.8) is 0 Å². The van der Waals surface area contributed by atoms with Crippen LogP contribution in [0.2, 0.25) is 0 Å². The Hall–Kier alpha value is -3.08. The molecular formula is C23H25NO4. The topological polar surface area (TPSA) is 68.5 Å². The number of unbranched alkanes of at least 4 members (excludes halogenated alkanes) is 2. The van der Waals surface area contributed by atoms with E-state index in [1.54, 1.807) is 28.8 Å². The number of nitrogens with zero attached hydrogens (tertiary/aromatic N) is 1. The highest BCUT2D eigenvalue weighted by Crippen LogP contribution is 2.26. The van der Waals surface area contributed by atoms with E-state index in [2.05, 4.69) is 6.92 Å². The zero-order valence-electron chi connectivity index (χ0n) is 16.3. The SMILES string of the molecule is CCCCCOc1cccc(C(=O)n2c(C)cc3c(CC(=O)O)cccc32)c1. The molecule has 2 aromatic carbocycles. The highest BCUT2D eigenvalue weighted by molar-refractivity contribution is 6.04. The third kappa shape index (κ3) is 4.25. The second-order valence-electron chi connectivity index (χ2n) is 6.93. The lowest BCUT2D eigenvalue weighted by Crippen LogP contribution is -2.13. The van der Waals surface area contributed by atoms with Crippen LogP contribution < -0.4 is 4.74 Å². The first-order valence-corrected chi connectivity index (χ1v) is 9.60. The minimum absolute atomic E-state index is 0.0733. The van der Waals surface area contributed by atoms with E-state index in [4.69, 9.17) is 9.84 Å². The van der Waals surface area contributed by atoms with Gasteiger partial charge in [-0.2, -0.15) is 0 Å². The summed E-state index contributed by atoms with van der Waals surface area (Å²) >= 11 is 0. The first-order chi connectivity index (χ1) is 13.5. The molecule has 0 atom stereocenters. The number of aryl methyl sites for hydroxylation is 1. The maximum atomic E-state index is 13.2. The fraction of sp³-hybridized carbons (Fsp3) is 0.304. The Bertz CT molecular complexity index is 1000. The number of aliphatic carboxylic acids is 1. The maximum absolute atomic E-state index is 13.2. The standard InChI is InChI=1S/C23H25NO4/c1-3-4-5-12-28-19-10-6-9-18(14-19)23(27)24-16(2)13-20-17(15-22(25)26)8-7-11-21(20)24/h6-11,13-14H,3-5,12,15H2,1-2H3,(H,25,26). The molecule has 0 radical (unpaired) electrons. The minimum atomic E-state index is -0.892. The van der Waals surface area contributed by atoms with E-state index in [1.807, 2.05) is 31.2 Å². The number of hydrogen-bond donors (Lipinski definition) is 1. The number of benzene rings is 2. The number of ether oxygens (including phenoxy) is 1. The van der Waals surface area contributed by atoms with Gasteiger partial charge in [-0.1, -0.05) is 38.0 Å². The zero-order chi connectivity index (χ0) is 20.1. The van der Waals surface area contributed by atoms with Crippen molar-refractivity contribution >= 4 is 22.8 Å². The van der Waals surface area contributed by atoms with Crippen molar-refractivity contribution in [1.29, 1.82) is 0 Å². The molecule has 5 nitrogen and oxygen atoms in total. The van der Waals surface area contributed by atoms with Crippen molar-refractivity contribution in [2.24, 2.45) is 0 Å². The number of carbonyl (C=O) groups excluding carboxylic acids is 1. The molecule has 0 spiro atoms. The second kappa shape index (κ2) is 8.74. The fourth-order valence-corrected chi connectivity index (χ4v) is 3.40. The molecule has 3 aromatic rings. The lowest BCUT2D eigenvalue weighted by molar-refractivity contribution is -0.136. The molecule has 0 aliphatic rings. The third-order valence-corrected chi connectivity index (χ3v) is 4.76. The van der Waals surface area contributed by atoms with Crippen LogP contribution in [-0.2, 0) is 11.2 Å². The molecule has 1 N–H and O–H groups in total. The van der Waals surface area contributed by atoms with E-state index < -0.39 is 5.97 Å². The Morgan fingerprint density at radius 3 is 2.61 bits per heavy atom. The molecule has 0 saturated carbocycles. The Balaban J connectivity index is 1.91. The molecule has 1 aromatic heterocycles. The third-order valence-electron chi connectivity index (χ3n) is 4.76. The number of carboxylic acid groups (broad SMARTS) is 1. The summed E-state index contributed by atoms with van der Waals surface area (Å²) in [7, 11) is 0. The van der Waals surface area contributed by atoms with Gasteiger partial charge in [0.1, 0.15) is 5.75 Å². The Labute approximate surface area is 164 Å². The predicted octanol–water partition coefficient (Wildman–Crippen LogP) is 4.83. The summed E-state index contributed by atoms with van der Waals surface area (Å²) in [5, 5.41) is 9.93. The average molecular weight is 379 g/mol. The summed E-state index contributed by atoms with van der Waals surface area (Å²) in [5.41, 5.74) is 2.73. The van der Waals surface area contributed by atoms with Gasteiger partial charge in [-0.15, -0.1) is 0 Å². The molecule has 0 amide bonds. The van der Waals surface area contributed by atoms with Gasteiger partial charge in [0.15, 0.2) is 0 Å². The van der Waals surface area contributed by atoms with Gasteiger partial charge in [0.2, 0.25) is 0 Å². The smallest absolute Gasteiger partial charge is 0.307 e. The fourth-order valence-electron chi connectivity index (χ4n) is 3.40. The summed E-state index contributed by atoms with van der Waals surface area (Å²) in [6.45, 7) is 4.63. The molecule has 0 fully saturated rings. The number of aromatic nitrogens is 1. The van der Waals surface area contributed by atoms with Crippen molar-refractivity contribution < 1.29 is 19.4 Å². The first kappa shape index (κ1) is 19.7. The van der Waals surface area contributed by atoms with Gasteiger partial charge in [-0.3, -0.25) is 14.2 Å². The zero-order valence-corrected chi connectivity index (χ0v) is 16.3. The van der Waals surface area contributed by atoms with E-state index in [0.29, 0.717) is 23.5 Å². The van der Waals surface area contributed by atoms with Crippen molar-refractivity contribution in [2.75, 3.05) is 6.61 Å². The van der Waals surface area contributed by atoms with Crippen LogP contribution >= 0.6 is 0 Å². The van der Waals surface area contributed by atoms with Crippen molar-refractivity contribution in [1.82, 2.24) is 4.57 Å². The van der Waals surface area contributed by atoms with Crippen LogP contribution in [0.5, 0.6) is 5.75 Å². The summed E-state index contributed by atoms with van der Waals surface area (Å²) in [4.78, 5) is 24.3. The van der Waals surface area contributed by atoms with Crippen LogP contribution in [0.3, 0.4) is 0 Å². The molecular weight excluding hydrogens is 354 g/mol. The molecule has 0 aliphatic heterocycles. The maximum Gasteiger partial charge on any atom is 0.307 e. The molecule has 146 valence electrons. The Morgan fingerprint density at radius 1 is 1.07 bits per heavy atom. The van der Waals surface area contributed by atoms with Crippen molar-refractivity contribution in [3.8, 4) is 5.75 Å². The number of hydrogen-bond acceptors (Lipinski definition) is 3. The first-order valence-electron chi connectivity index (χ1n) is 9.60. The van der Waals surface area contributed by atoms with Gasteiger partial charge in [-0.05, 0) is 49.2 Å². The lowest BCUT2D eigenvalue weighted by atomic mass is 10.1. The normalized spacial score (nSPS) is 10.9. The Morgan fingerprint density at radius 2 is 1.86 bits per heavy atom. The van der Waals surface area contributed by atoms with Crippen LogP contribution in [0.4, 0.5) is 0 Å². The summed E-state index contributed by atoms with van der Waals surface area (Å²) in [6, 6.07) is 14.5. The van der Waals surface area contributed by atoms with Crippen LogP contribution in [0.15, 0.2) is 48.5 Å².